The number of rotatable bonds is 9. The maximum Gasteiger partial charge on any atom is 0.291 e. The van der Waals surface area contributed by atoms with Gasteiger partial charge in [0.05, 0.1) is 17.6 Å². The molecule has 1 fully saturated rings. The normalized spacial score (nSPS) is 13.8. The van der Waals surface area contributed by atoms with Crippen molar-refractivity contribution >= 4 is 28.9 Å². The standard InChI is InChI=1S/C26H31N5O3/c1-18-5-2-3-6-21(18)28-14-15-29-22-9-8-19(25(32)30-20-10-12-27-13-11-20)17-23(22)31-26(33)24-7-4-16-34-24/h2-9,16-17,20,27-29H,10-15H2,1H3,(H,30,32)(H,31,33). The minimum absolute atomic E-state index is 0.145. The maximum absolute atomic E-state index is 12.8. The van der Waals surface area contributed by atoms with Crippen LogP contribution < -0.4 is 26.6 Å². The van der Waals surface area contributed by atoms with Crippen LogP contribution in [0.1, 0.15) is 39.3 Å². The number of amides is 2. The Morgan fingerprint density at radius 2 is 1.68 bits per heavy atom. The van der Waals surface area contributed by atoms with Crippen LogP contribution in [0.3, 0.4) is 0 Å². The molecule has 1 aliphatic rings. The van der Waals surface area contributed by atoms with Gasteiger partial charge in [0.1, 0.15) is 0 Å². The van der Waals surface area contributed by atoms with E-state index in [1.807, 2.05) is 24.3 Å². The number of hydrogen-bond donors (Lipinski definition) is 5. The third kappa shape index (κ3) is 6.17. The number of carbonyl (C=O) groups excluding carboxylic acids is 2. The smallest absolute Gasteiger partial charge is 0.291 e. The Balaban J connectivity index is 1.44. The van der Waals surface area contributed by atoms with Crippen LogP contribution >= 0.6 is 0 Å². The van der Waals surface area contributed by atoms with E-state index < -0.39 is 0 Å². The second kappa shape index (κ2) is 11.4. The van der Waals surface area contributed by atoms with Gasteiger partial charge >= 0.3 is 0 Å². The predicted molar refractivity (Wildman–Crippen MR) is 135 cm³/mol. The van der Waals surface area contributed by atoms with Crippen LogP contribution in [-0.2, 0) is 0 Å². The first-order chi connectivity index (χ1) is 16.6. The molecule has 2 amide bonds. The first-order valence-electron chi connectivity index (χ1n) is 11.6. The summed E-state index contributed by atoms with van der Waals surface area (Å²) in [5.74, 6) is -0.313. The van der Waals surface area contributed by atoms with Crippen LogP contribution in [0.4, 0.5) is 17.1 Å². The van der Waals surface area contributed by atoms with Gasteiger partial charge in [0.25, 0.3) is 11.8 Å². The van der Waals surface area contributed by atoms with Gasteiger partial charge in [0.15, 0.2) is 5.76 Å². The lowest BCUT2D eigenvalue weighted by atomic mass is 10.1. The van der Waals surface area contributed by atoms with Gasteiger partial charge in [-0.3, -0.25) is 9.59 Å². The molecule has 0 aliphatic carbocycles. The van der Waals surface area contributed by atoms with Crippen molar-refractivity contribution in [1.82, 2.24) is 10.6 Å². The van der Waals surface area contributed by atoms with Crippen LogP contribution in [0.5, 0.6) is 0 Å². The van der Waals surface area contributed by atoms with Gasteiger partial charge in [-0.15, -0.1) is 0 Å². The van der Waals surface area contributed by atoms with Gasteiger partial charge in [-0.05, 0) is 74.8 Å². The second-order valence-corrected chi connectivity index (χ2v) is 8.36. The third-order valence-corrected chi connectivity index (χ3v) is 5.85. The number of nitrogens with one attached hydrogen (secondary N) is 5. The fourth-order valence-corrected chi connectivity index (χ4v) is 3.94. The van der Waals surface area contributed by atoms with Crippen molar-refractivity contribution in [2.75, 3.05) is 42.1 Å². The summed E-state index contributed by atoms with van der Waals surface area (Å²) in [5.41, 5.74) is 4.01. The van der Waals surface area contributed by atoms with E-state index in [9.17, 15) is 9.59 Å². The number of para-hydroxylation sites is 1. The molecule has 34 heavy (non-hydrogen) atoms. The summed E-state index contributed by atoms with van der Waals surface area (Å²) in [6.45, 7) is 5.17. The van der Waals surface area contributed by atoms with Gasteiger partial charge in [0.2, 0.25) is 0 Å². The second-order valence-electron chi connectivity index (χ2n) is 8.36. The van der Waals surface area contributed by atoms with Gasteiger partial charge in [-0.1, -0.05) is 18.2 Å². The number of piperidine rings is 1. The minimum Gasteiger partial charge on any atom is -0.459 e. The van der Waals surface area contributed by atoms with Crippen LogP contribution in [0.25, 0.3) is 0 Å². The van der Waals surface area contributed by atoms with E-state index in [-0.39, 0.29) is 23.6 Å². The van der Waals surface area contributed by atoms with Crippen LogP contribution in [-0.4, -0.2) is 44.0 Å². The van der Waals surface area contributed by atoms with Crippen molar-refractivity contribution in [1.29, 1.82) is 0 Å². The molecule has 0 spiro atoms. The third-order valence-electron chi connectivity index (χ3n) is 5.85. The first kappa shape index (κ1) is 23.4. The Bertz CT molecular complexity index is 1110. The van der Waals surface area contributed by atoms with Gasteiger partial charge < -0.3 is 31.0 Å². The molecule has 2 heterocycles. The molecule has 2 aromatic carbocycles. The summed E-state index contributed by atoms with van der Waals surface area (Å²) in [6.07, 6.45) is 3.26. The fraction of sp³-hybridized carbons (Fsp3) is 0.308. The molecule has 178 valence electrons. The van der Waals surface area contributed by atoms with Crippen LogP contribution in [0.15, 0.2) is 65.3 Å². The van der Waals surface area contributed by atoms with Crippen LogP contribution in [0.2, 0.25) is 0 Å². The molecule has 0 bridgehead atoms. The number of carbonyl (C=O) groups is 2. The van der Waals surface area contributed by atoms with Crippen molar-refractivity contribution in [3.05, 3.63) is 77.7 Å². The van der Waals surface area contributed by atoms with E-state index in [4.69, 9.17) is 4.42 Å². The van der Waals surface area contributed by atoms with E-state index in [1.165, 1.54) is 11.8 Å². The molecule has 4 rings (SSSR count). The zero-order valence-corrected chi connectivity index (χ0v) is 19.3. The summed E-state index contributed by atoms with van der Waals surface area (Å²) in [4.78, 5) is 25.5. The number of anilines is 3. The van der Waals surface area contributed by atoms with Gasteiger partial charge in [0, 0.05) is 30.4 Å². The van der Waals surface area contributed by atoms with E-state index in [0.29, 0.717) is 24.3 Å². The molecule has 8 heteroatoms. The van der Waals surface area contributed by atoms with E-state index in [0.717, 1.165) is 37.3 Å². The highest BCUT2D eigenvalue weighted by Crippen LogP contribution is 2.25. The molecule has 0 saturated carbocycles. The Hall–Kier alpha value is -3.78. The fourth-order valence-electron chi connectivity index (χ4n) is 3.94. The SMILES string of the molecule is Cc1ccccc1NCCNc1ccc(C(=O)NC2CCNCC2)cc1NC(=O)c1ccco1. The van der Waals surface area contributed by atoms with Crippen molar-refractivity contribution in [3.63, 3.8) is 0 Å². The molecule has 0 radical (unpaired) electrons. The zero-order valence-electron chi connectivity index (χ0n) is 19.3. The highest BCUT2D eigenvalue weighted by molar-refractivity contribution is 6.05. The van der Waals surface area contributed by atoms with Crippen LogP contribution in [0, 0.1) is 6.92 Å². The average Bonchev–Trinajstić information content (AvgIpc) is 3.39. The largest absolute Gasteiger partial charge is 0.459 e. The molecule has 1 aromatic heterocycles. The lowest BCUT2D eigenvalue weighted by Gasteiger charge is -2.24. The number of furan rings is 1. The average molecular weight is 462 g/mol. The lowest BCUT2D eigenvalue weighted by molar-refractivity contribution is 0.0928. The monoisotopic (exact) mass is 461 g/mol. The Kier molecular flexibility index (Phi) is 7.83. The van der Waals surface area contributed by atoms with Gasteiger partial charge in [-0.25, -0.2) is 0 Å². The number of hydrogen-bond acceptors (Lipinski definition) is 6. The highest BCUT2D eigenvalue weighted by atomic mass is 16.3. The van der Waals surface area contributed by atoms with E-state index >= 15 is 0 Å². The summed E-state index contributed by atoms with van der Waals surface area (Å²) >= 11 is 0. The summed E-state index contributed by atoms with van der Waals surface area (Å²) in [7, 11) is 0. The molecular formula is C26H31N5O3. The summed E-state index contributed by atoms with van der Waals surface area (Å²) in [5, 5.41) is 16.0. The Morgan fingerprint density at radius 1 is 0.912 bits per heavy atom. The predicted octanol–water partition coefficient (Wildman–Crippen LogP) is 3.85. The highest BCUT2D eigenvalue weighted by Gasteiger charge is 2.18. The van der Waals surface area contributed by atoms with Crippen molar-refractivity contribution in [3.8, 4) is 0 Å². The lowest BCUT2D eigenvalue weighted by Crippen LogP contribution is -2.42. The molecular weight excluding hydrogens is 430 g/mol. The molecule has 0 unspecified atom stereocenters. The first-order valence-corrected chi connectivity index (χ1v) is 11.6. The topological polar surface area (TPSA) is 107 Å². The number of aryl methyl sites for hydroxylation is 1. The quantitative estimate of drug-likeness (QED) is 0.310. The Labute approximate surface area is 199 Å². The van der Waals surface area contributed by atoms with Crippen molar-refractivity contribution < 1.29 is 14.0 Å². The molecule has 1 saturated heterocycles. The van der Waals surface area contributed by atoms with Crippen molar-refractivity contribution in [2.24, 2.45) is 0 Å². The van der Waals surface area contributed by atoms with E-state index in [1.54, 1.807) is 24.3 Å². The molecule has 5 N–H and O–H groups in total. The van der Waals surface area contributed by atoms with E-state index in [2.05, 4.69) is 39.6 Å². The Morgan fingerprint density at radius 3 is 2.41 bits per heavy atom. The molecule has 1 aliphatic heterocycles. The van der Waals surface area contributed by atoms with Crippen molar-refractivity contribution in [2.45, 2.75) is 25.8 Å². The van der Waals surface area contributed by atoms with Gasteiger partial charge in [-0.2, -0.15) is 0 Å². The molecule has 0 atom stereocenters. The molecule has 3 aromatic rings. The minimum atomic E-state index is -0.373. The summed E-state index contributed by atoms with van der Waals surface area (Å²) in [6, 6.07) is 16.8. The zero-order chi connectivity index (χ0) is 23.8. The number of benzene rings is 2. The molecule has 8 nitrogen and oxygen atoms in total. The maximum atomic E-state index is 12.8. The summed E-state index contributed by atoms with van der Waals surface area (Å²) < 4.78 is 5.22.